The second-order valence-corrected chi connectivity index (χ2v) is 5.04. The molecule has 1 N–H and O–H groups in total. The first-order chi connectivity index (χ1) is 8.90. The number of nitrogens with zero attached hydrogens (tertiary/aromatic N) is 1. The molecule has 1 rings (SSSR count). The van der Waals surface area contributed by atoms with Gasteiger partial charge in [-0.3, -0.25) is 4.79 Å². The number of halogens is 3. The number of hydrogen-bond acceptors (Lipinski definition) is 2. The molecule has 0 aliphatic heterocycles. The van der Waals surface area contributed by atoms with Gasteiger partial charge in [0, 0.05) is 17.6 Å². The van der Waals surface area contributed by atoms with Gasteiger partial charge >= 0.3 is 0 Å². The number of amides is 1. The maximum absolute atomic E-state index is 13.6. The van der Waals surface area contributed by atoms with Crippen LogP contribution in [0.5, 0.6) is 0 Å². The summed E-state index contributed by atoms with van der Waals surface area (Å²) < 4.78 is 27.6. The van der Waals surface area contributed by atoms with Crippen molar-refractivity contribution in [3.63, 3.8) is 0 Å². The first-order valence-electron chi connectivity index (χ1n) is 6.10. The van der Waals surface area contributed by atoms with E-state index in [9.17, 15) is 13.6 Å². The van der Waals surface area contributed by atoms with Crippen molar-refractivity contribution >= 4 is 27.5 Å². The lowest BCUT2D eigenvalue weighted by Crippen LogP contribution is -2.41. The Balaban J connectivity index is 2.88. The highest BCUT2D eigenvalue weighted by molar-refractivity contribution is 9.10. The number of nitrogens with one attached hydrogen (secondary N) is 1. The Morgan fingerprint density at radius 3 is 2.21 bits per heavy atom. The van der Waals surface area contributed by atoms with Crippen LogP contribution in [-0.4, -0.2) is 29.9 Å². The van der Waals surface area contributed by atoms with Gasteiger partial charge in [-0.25, -0.2) is 8.78 Å². The van der Waals surface area contributed by atoms with Crippen LogP contribution in [0.4, 0.5) is 14.5 Å². The standard InChI is InChI=1S/C13H17BrF2N2O/c1-4-18(5-2)13(19)8(3)17-12-10(15)6-9(14)7-11(12)16/h6-8,17H,4-5H2,1-3H3. The van der Waals surface area contributed by atoms with Crippen LogP contribution >= 0.6 is 15.9 Å². The molecule has 3 nitrogen and oxygen atoms in total. The number of likely N-dealkylation sites (N-methyl/N-ethyl adjacent to an activating group) is 1. The highest BCUT2D eigenvalue weighted by Crippen LogP contribution is 2.24. The van der Waals surface area contributed by atoms with Gasteiger partial charge in [-0.15, -0.1) is 0 Å². The van der Waals surface area contributed by atoms with Gasteiger partial charge in [0.05, 0.1) is 0 Å². The molecule has 1 unspecified atom stereocenters. The molecule has 1 aromatic rings. The van der Waals surface area contributed by atoms with Gasteiger partial charge in [-0.05, 0) is 32.9 Å². The second-order valence-electron chi connectivity index (χ2n) is 4.12. The Bertz CT molecular complexity index is 441. The third-order valence-corrected chi connectivity index (χ3v) is 3.27. The fraction of sp³-hybridized carbons (Fsp3) is 0.462. The van der Waals surface area contributed by atoms with E-state index in [1.807, 2.05) is 13.8 Å². The second kappa shape index (κ2) is 6.84. The van der Waals surface area contributed by atoms with Crippen LogP contribution in [0.1, 0.15) is 20.8 Å². The summed E-state index contributed by atoms with van der Waals surface area (Å²) in [5.41, 5.74) is -0.281. The van der Waals surface area contributed by atoms with Crippen LogP contribution in [0.2, 0.25) is 0 Å². The van der Waals surface area contributed by atoms with Crippen LogP contribution < -0.4 is 5.32 Å². The third-order valence-electron chi connectivity index (χ3n) is 2.81. The molecule has 0 heterocycles. The van der Waals surface area contributed by atoms with Crippen molar-refractivity contribution in [3.8, 4) is 0 Å². The highest BCUT2D eigenvalue weighted by Gasteiger charge is 2.21. The molecule has 6 heteroatoms. The van der Waals surface area contributed by atoms with E-state index >= 15 is 0 Å². The molecule has 0 radical (unpaired) electrons. The molecule has 0 bridgehead atoms. The fourth-order valence-corrected chi connectivity index (χ4v) is 2.17. The van der Waals surface area contributed by atoms with E-state index in [2.05, 4.69) is 21.2 Å². The molecular formula is C13H17BrF2N2O. The van der Waals surface area contributed by atoms with Crippen LogP contribution in [0.3, 0.4) is 0 Å². The molecule has 1 atom stereocenters. The SMILES string of the molecule is CCN(CC)C(=O)C(C)Nc1c(F)cc(Br)cc1F. The Morgan fingerprint density at radius 1 is 1.32 bits per heavy atom. The topological polar surface area (TPSA) is 32.3 Å². The molecule has 19 heavy (non-hydrogen) atoms. The van der Waals surface area contributed by atoms with Gasteiger partial charge in [-0.1, -0.05) is 15.9 Å². The molecule has 1 aromatic carbocycles. The van der Waals surface area contributed by atoms with Crippen molar-refractivity contribution in [1.29, 1.82) is 0 Å². The van der Waals surface area contributed by atoms with Gasteiger partial charge in [0.25, 0.3) is 0 Å². The monoisotopic (exact) mass is 334 g/mol. The molecule has 0 saturated carbocycles. The summed E-state index contributed by atoms with van der Waals surface area (Å²) in [5.74, 6) is -1.65. The van der Waals surface area contributed by atoms with Gasteiger partial charge < -0.3 is 10.2 Å². The first kappa shape index (κ1) is 15.9. The zero-order chi connectivity index (χ0) is 14.6. The molecule has 0 aromatic heterocycles. The number of carbonyl (C=O) groups is 1. The van der Waals surface area contributed by atoms with Gasteiger partial charge in [0.1, 0.15) is 23.4 Å². The quantitative estimate of drug-likeness (QED) is 0.895. The Labute approximate surface area is 120 Å². The maximum atomic E-state index is 13.6. The van der Waals surface area contributed by atoms with E-state index in [4.69, 9.17) is 0 Å². The highest BCUT2D eigenvalue weighted by atomic mass is 79.9. The largest absolute Gasteiger partial charge is 0.369 e. The lowest BCUT2D eigenvalue weighted by Gasteiger charge is -2.24. The summed E-state index contributed by atoms with van der Waals surface area (Å²) >= 11 is 3.00. The van der Waals surface area contributed by atoms with E-state index in [1.54, 1.807) is 11.8 Å². The van der Waals surface area contributed by atoms with Crippen molar-refractivity contribution in [1.82, 2.24) is 4.90 Å². The lowest BCUT2D eigenvalue weighted by atomic mass is 10.2. The Morgan fingerprint density at radius 2 is 1.79 bits per heavy atom. The average Bonchev–Trinajstić information content (AvgIpc) is 2.34. The smallest absolute Gasteiger partial charge is 0.244 e. The van der Waals surface area contributed by atoms with Gasteiger partial charge in [0.15, 0.2) is 0 Å². The minimum Gasteiger partial charge on any atom is -0.369 e. The molecule has 0 fully saturated rings. The fourth-order valence-electron chi connectivity index (χ4n) is 1.77. The van der Waals surface area contributed by atoms with Crippen molar-refractivity contribution < 1.29 is 13.6 Å². The van der Waals surface area contributed by atoms with E-state index in [-0.39, 0.29) is 11.6 Å². The van der Waals surface area contributed by atoms with Gasteiger partial charge in [-0.2, -0.15) is 0 Å². The molecule has 0 aliphatic carbocycles. The van der Waals surface area contributed by atoms with Crippen molar-refractivity contribution in [2.24, 2.45) is 0 Å². The van der Waals surface area contributed by atoms with Gasteiger partial charge in [0.2, 0.25) is 5.91 Å². The van der Waals surface area contributed by atoms with Crippen LogP contribution in [0.15, 0.2) is 16.6 Å². The van der Waals surface area contributed by atoms with E-state index in [1.165, 1.54) is 0 Å². The average molecular weight is 335 g/mol. The summed E-state index contributed by atoms with van der Waals surface area (Å²) in [4.78, 5) is 13.6. The summed E-state index contributed by atoms with van der Waals surface area (Å²) in [5, 5.41) is 2.59. The summed E-state index contributed by atoms with van der Waals surface area (Å²) in [6.07, 6.45) is 0. The minimum atomic E-state index is -0.730. The number of carbonyl (C=O) groups excluding carboxylic acids is 1. The Hall–Kier alpha value is -1.17. The normalized spacial score (nSPS) is 12.1. The predicted molar refractivity (Wildman–Crippen MR) is 75.1 cm³/mol. The summed E-state index contributed by atoms with van der Waals surface area (Å²) in [7, 11) is 0. The molecule has 106 valence electrons. The number of anilines is 1. The van der Waals surface area contributed by atoms with E-state index in [0.29, 0.717) is 17.6 Å². The van der Waals surface area contributed by atoms with Crippen LogP contribution in [0.25, 0.3) is 0 Å². The van der Waals surface area contributed by atoms with Crippen LogP contribution in [-0.2, 0) is 4.79 Å². The number of benzene rings is 1. The molecular weight excluding hydrogens is 318 g/mol. The van der Waals surface area contributed by atoms with Crippen molar-refractivity contribution in [2.75, 3.05) is 18.4 Å². The zero-order valence-corrected chi connectivity index (χ0v) is 12.7. The van der Waals surface area contributed by atoms with Crippen LogP contribution in [0, 0.1) is 11.6 Å². The first-order valence-corrected chi connectivity index (χ1v) is 6.89. The maximum Gasteiger partial charge on any atom is 0.244 e. The molecule has 0 saturated heterocycles. The van der Waals surface area contributed by atoms with Crippen molar-refractivity contribution in [3.05, 3.63) is 28.2 Å². The molecule has 0 spiro atoms. The number of hydrogen-bond donors (Lipinski definition) is 1. The predicted octanol–water partition coefficient (Wildman–Crippen LogP) is 3.40. The zero-order valence-electron chi connectivity index (χ0n) is 11.1. The lowest BCUT2D eigenvalue weighted by molar-refractivity contribution is -0.131. The van der Waals surface area contributed by atoms with E-state index in [0.717, 1.165) is 12.1 Å². The molecule has 0 aliphatic rings. The molecule has 1 amide bonds. The number of rotatable bonds is 5. The summed E-state index contributed by atoms with van der Waals surface area (Å²) in [6.45, 7) is 6.42. The third kappa shape index (κ3) is 3.89. The van der Waals surface area contributed by atoms with E-state index < -0.39 is 17.7 Å². The minimum absolute atomic E-state index is 0.188. The summed E-state index contributed by atoms with van der Waals surface area (Å²) in [6, 6.07) is 1.62. The Kier molecular flexibility index (Phi) is 5.72. The van der Waals surface area contributed by atoms with Crippen molar-refractivity contribution in [2.45, 2.75) is 26.8 Å².